The second-order valence-electron chi connectivity index (χ2n) is 4.67. The van der Waals surface area contributed by atoms with Crippen molar-refractivity contribution in [1.29, 1.82) is 0 Å². The molecule has 0 fully saturated rings. The predicted molar refractivity (Wildman–Crippen MR) is 76.6 cm³/mol. The number of nitrogen functional groups attached to an aromatic ring is 1. The zero-order chi connectivity index (χ0) is 13.8. The topological polar surface area (TPSA) is 64.2 Å². The number of aromatic nitrogens is 2. The number of nitrogens with two attached hydrogens (primary N) is 1. The number of nitrogens with zero attached hydrogens (tertiary/aromatic N) is 3. The molecular formula is C13H18N4OS. The van der Waals surface area contributed by atoms with Crippen LogP contribution in [0.3, 0.4) is 0 Å². The van der Waals surface area contributed by atoms with Crippen molar-refractivity contribution in [3.8, 4) is 0 Å². The molecule has 0 aliphatic carbocycles. The summed E-state index contributed by atoms with van der Waals surface area (Å²) in [7, 11) is 0. The Morgan fingerprint density at radius 2 is 2.37 bits per heavy atom. The number of thiophene rings is 1. The quantitative estimate of drug-likeness (QED) is 0.909. The Hall–Kier alpha value is -1.82. The first-order valence-electron chi connectivity index (χ1n) is 6.16. The summed E-state index contributed by atoms with van der Waals surface area (Å²) in [6, 6.07) is 4.19. The molecule has 0 bridgehead atoms. The van der Waals surface area contributed by atoms with Gasteiger partial charge < -0.3 is 10.6 Å². The van der Waals surface area contributed by atoms with E-state index in [0.29, 0.717) is 12.2 Å². The highest BCUT2D eigenvalue weighted by Gasteiger charge is 2.18. The third kappa shape index (κ3) is 3.57. The SMILES string of the molecule is CC(C)N(Cc1cccs1)C(=O)Cn1cc(N)cn1. The first-order chi connectivity index (χ1) is 9.06. The Morgan fingerprint density at radius 3 is 2.89 bits per heavy atom. The molecule has 0 saturated heterocycles. The zero-order valence-corrected chi connectivity index (χ0v) is 11.9. The van der Waals surface area contributed by atoms with Crippen LogP contribution in [0.4, 0.5) is 5.69 Å². The maximum absolute atomic E-state index is 12.3. The van der Waals surface area contributed by atoms with Crippen molar-refractivity contribution in [2.24, 2.45) is 0 Å². The van der Waals surface area contributed by atoms with Crippen LogP contribution in [0, 0.1) is 0 Å². The minimum absolute atomic E-state index is 0.0477. The van der Waals surface area contributed by atoms with Gasteiger partial charge in [-0.3, -0.25) is 9.48 Å². The van der Waals surface area contributed by atoms with Gasteiger partial charge in [0.05, 0.1) is 18.4 Å². The van der Waals surface area contributed by atoms with E-state index in [0.717, 1.165) is 0 Å². The van der Waals surface area contributed by atoms with E-state index in [4.69, 9.17) is 5.73 Å². The smallest absolute Gasteiger partial charge is 0.244 e. The highest BCUT2D eigenvalue weighted by Crippen LogP contribution is 2.14. The van der Waals surface area contributed by atoms with Crippen LogP contribution in [0.2, 0.25) is 0 Å². The fourth-order valence-electron chi connectivity index (χ4n) is 1.82. The van der Waals surface area contributed by atoms with E-state index in [2.05, 4.69) is 5.10 Å². The minimum Gasteiger partial charge on any atom is -0.396 e. The Bertz CT molecular complexity index is 533. The van der Waals surface area contributed by atoms with Gasteiger partial charge in [-0.15, -0.1) is 11.3 Å². The van der Waals surface area contributed by atoms with E-state index in [1.807, 2.05) is 36.3 Å². The van der Waals surface area contributed by atoms with Gasteiger partial charge in [-0.2, -0.15) is 5.10 Å². The molecule has 2 aromatic rings. The highest BCUT2D eigenvalue weighted by molar-refractivity contribution is 7.09. The maximum atomic E-state index is 12.3. The molecule has 0 aromatic carbocycles. The molecule has 0 aliphatic rings. The molecule has 19 heavy (non-hydrogen) atoms. The molecule has 2 rings (SSSR count). The van der Waals surface area contributed by atoms with Gasteiger partial charge in [0.1, 0.15) is 6.54 Å². The van der Waals surface area contributed by atoms with Crippen molar-refractivity contribution in [1.82, 2.24) is 14.7 Å². The predicted octanol–water partition coefficient (Wildman–Crippen LogP) is 1.96. The van der Waals surface area contributed by atoms with Crippen molar-refractivity contribution in [2.45, 2.75) is 33.0 Å². The molecule has 0 atom stereocenters. The van der Waals surface area contributed by atoms with Gasteiger partial charge in [-0.1, -0.05) is 6.07 Å². The summed E-state index contributed by atoms with van der Waals surface area (Å²) < 4.78 is 1.57. The third-order valence-electron chi connectivity index (χ3n) is 2.80. The fraction of sp³-hybridized carbons (Fsp3) is 0.385. The van der Waals surface area contributed by atoms with Crippen LogP contribution in [-0.2, 0) is 17.9 Å². The lowest BCUT2D eigenvalue weighted by atomic mass is 10.3. The summed E-state index contributed by atoms with van der Waals surface area (Å²) in [4.78, 5) is 15.4. The molecule has 0 radical (unpaired) electrons. The molecule has 5 nitrogen and oxygen atoms in total. The maximum Gasteiger partial charge on any atom is 0.244 e. The molecule has 102 valence electrons. The summed E-state index contributed by atoms with van der Waals surface area (Å²) in [6.07, 6.45) is 3.22. The summed E-state index contributed by atoms with van der Waals surface area (Å²) in [6.45, 7) is 4.90. The van der Waals surface area contributed by atoms with Crippen LogP contribution in [0.5, 0.6) is 0 Å². The van der Waals surface area contributed by atoms with E-state index in [-0.39, 0.29) is 18.5 Å². The van der Waals surface area contributed by atoms with Crippen molar-refractivity contribution in [2.75, 3.05) is 5.73 Å². The standard InChI is InChI=1S/C13H18N4OS/c1-10(2)17(8-12-4-3-5-19-12)13(18)9-16-7-11(14)6-15-16/h3-7,10H,8-9,14H2,1-2H3. The Morgan fingerprint density at radius 1 is 1.58 bits per heavy atom. The van der Waals surface area contributed by atoms with Gasteiger partial charge in [-0.05, 0) is 25.3 Å². The summed E-state index contributed by atoms with van der Waals surface area (Å²) in [5, 5.41) is 6.06. The Labute approximate surface area is 116 Å². The number of rotatable bonds is 5. The monoisotopic (exact) mass is 278 g/mol. The van der Waals surface area contributed by atoms with Gasteiger partial charge in [0.2, 0.25) is 5.91 Å². The molecule has 0 saturated carbocycles. The molecule has 0 unspecified atom stereocenters. The Kier molecular flexibility index (Phi) is 4.21. The number of carbonyl (C=O) groups is 1. The second kappa shape index (κ2) is 5.88. The highest BCUT2D eigenvalue weighted by atomic mass is 32.1. The van der Waals surface area contributed by atoms with E-state index >= 15 is 0 Å². The molecule has 0 aliphatic heterocycles. The average molecular weight is 278 g/mol. The molecule has 0 spiro atoms. The first kappa shape index (κ1) is 13.6. The van der Waals surface area contributed by atoms with Gasteiger partial charge >= 0.3 is 0 Å². The van der Waals surface area contributed by atoms with Gasteiger partial charge in [0.25, 0.3) is 0 Å². The summed E-state index contributed by atoms with van der Waals surface area (Å²) in [5.74, 6) is 0.0477. The van der Waals surface area contributed by atoms with Crippen LogP contribution >= 0.6 is 11.3 Å². The molecular weight excluding hydrogens is 260 g/mol. The van der Waals surface area contributed by atoms with Crippen LogP contribution in [-0.4, -0.2) is 26.6 Å². The number of carbonyl (C=O) groups excluding carboxylic acids is 1. The van der Waals surface area contributed by atoms with Crippen molar-refractivity contribution in [3.05, 3.63) is 34.8 Å². The summed E-state index contributed by atoms with van der Waals surface area (Å²) >= 11 is 1.66. The second-order valence-corrected chi connectivity index (χ2v) is 5.70. The summed E-state index contributed by atoms with van der Waals surface area (Å²) in [5.41, 5.74) is 6.16. The van der Waals surface area contributed by atoms with Crippen LogP contribution in [0.25, 0.3) is 0 Å². The fourth-order valence-corrected chi connectivity index (χ4v) is 2.53. The molecule has 1 amide bonds. The van der Waals surface area contributed by atoms with E-state index in [9.17, 15) is 4.79 Å². The first-order valence-corrected chi connectivity index (χ1v) is 7.04. The minimum atomic E-state index is 0.0477. The largest absolute Gasteiger partial charge is 0.396 e. The van der Waals surface area contributed by atoms with E-state index in [1.54, 1.807) is 28.4 Å². The molecule has 2 N–H and O–H groups in total. The van der Waals surface area contributed by atoms with Gasteiger partial charge in [0.15, 0.2) is 0 Å². The van der Waals surface area contributed by atoms with Gasteiger partial charge in [0, 0.05) is 17.1 Å². The lowest BCUT2D eigenvalue weighted by Gasteiger charge is -2.26. The average Bonchev–Trinajstić information content (AvgIpc) is 2.97. The molecule has 6 heteroatoms. The van der Waals surface area contributed by atoms with Crippen LogP contribution < -0.4 is 5.73 Å². The molecule has 2 heterocycles. The van der Waals surface area contributed by atoms with Crippen LogP contribution in [0.15, 0.2) is 29.9 Å². The number of hydrogen-bond acceptors (Lipinski definition) is 4. The van der Waals surface area contributed by atoms with E-state index < -0.39 is 0 Å². The number of hydrogen-bond donors (Lipinski definition) is 1. The van der Waals surface area contributed by atoms with Crippen molar-refractivity contribution < 1.29 is 4.79 Å². The van der Waals surface area contributed by atoms with Gasteiger partial charge in [-0.25, -0.2) is 0 Å². The van der Waals surface area contributed by atoms with Crippen molar-refractivity contribution in [3.63, 3.8) is 0 Å². The number of amides is 1. The lowest BCUT2D eigenvalue weighted by molar-refractivity contribution is -0.134. The third-order valence-corrected chi connectivity index (χ3v) is 3.66. The van der Waals surface area contributed by atoms with Crippen molar-refractivity contribution >= 4 is 22.9 Å². The normalized spacial score (nSPS) is 10.9. The Balaban J connectivity index is 2.04. The van der Waals surface area contributed by atoms with E-state index in [1.165, 1.54) is 4.88 Å². The van der Waals surface area contributed by atoms with Crippen LogP contribution in [0.1, 0.15) is 18.7 Å². The molecule has 2 aromatic heterocycles. The lowest BCUT2D eigenvalue weighted by Crippen LogP contribution is -2.38. The number of anilines is 1. The zero-order valence-electron chi connectivity index (χ0n) is 11.1.